The Morgan fingerprint density at radius 1 is 1.17 bits per heavy atom. The second-order valence-electron chi connectivity index (χ2n) is 5.57. The predicted molar refractivity (Wildman–Crippen MR) is 85.5 cm³/mol. The highest BCUT2D eigenvalue weighted by Gasteiger charge is 2.14. The number of H-pyrrole nitrogens is 1. The van der Waals surface area contributed by atoms with Gasteiger partial charge in [-0.3, -0.25) is 10.00 Å². The molecule has 3 heterocycles. The average molecular weight is 308 g/mol. The molecule has 6 nitrogen and oxygen atoms in total. The van der Waals surface area contributed by atoms with Crippen molar-refractivity contribution in [3.05, 3.63) is 60.1 Å². The molecule has 3 aromatic heterocycles. The highest BCUT2D eigenvalue weighted by atomic mass is 16.5. The second-order valence-corrected chi connectivity index (χ2v) is 5.57. The summed E-state index contributed by atoms with van der Waals surface area (Å²) in [6.07, 6.45) is 3.49. The summed E-state index contributed by atoms with van der Waals surface area (Å²) in [6, 6.07) is 11.9. The van der Waals surface area contributed by atoms with Crippen molar-refractivity contribution >= 4 is 11.0 Å². The largest absolute Gasteiger partial charge is 0.454 e. The summed E-state index contributed by atoms with van der Waals surface area (Å²) in [5.74, 6) is 1.63. The summed E-state index contributed by atoms with van der Waals surface area (Å²) in [5.41, 5.74) is 2.86. The predicted octanol–water partition coefficient (Wildman–Crippen LogP) is 3.44. The number of hydrogen-bond acceptors (Lipinski definition) is 5. The Morgan fingerprint density at radius 3 is 2.91 bits per heavy atom. The van der Waals surface area contributed by atoms with E-state index in [1.807, 2.05) is 49.6 Å². The van der Waals surface area contributed by atoms with Crippen molar-refractivity contribution < 1.29 is 8.94 Å². The van der Waals surface area contributed by atoms with E-state index in [9.17, 15) is 0 Å². The quantitative estimate of drug-likeness (QED) is 0.611. The van der Waals surface area contributed by atoms with E-state index >= 15 is 0 Å². The van der Waals surface area contributed by atoms with E-state index in [1.165, 1.54) is 0 Å². The molecule has 116 valence electrons. The van der Waals surface area contributed by atoms with Crippen LogP contribution in [-0.2, 0) is 13.1 Å². The van der Waals surface area contributed by atoms with E-state index in [1.54, 1.807) is 6.20 Å². The third-order valence-electron chi connectivity index (χ3n) is 3.75. The Bertz CT molecular complexity index is 875. The van der Waals surface area contributed by atoms with Gasteiger partial charge in [0.05, 0.1) is 18.9 Å². The van der Waals surface area contributed by atoms with Crippen LogP contribution in [0.3, 0.4) is 0 Å². The third kappa shape index (κ3) is 2.76. The molecule has 4 rings (SSSR count). The van der Waals surface area contributed by atoms with Gasteiger partial charge in [0, 0.05) is 23.6 Å². The smallest absolute Gasteiger partial charge is 0.153 e. The summed E-state index contributed by atoms with van der Waals surface area (Å²) in [4.78, 5) is 2.14. The first-order valence-electron chi connectivity index (χ1n) is 7.39. The molecule has 0 saturated heterocycles. The minimum atomic E-state index is 0.685. The molecule has 6 heteroatoms. The monoisotopic (exact) mass is 308 g/mol. The van der Waals surface area contributed by atoms with E-state index in [0.29, 0.717) is 6.54 Å². The maximum absolute atomic E-state index is 5.92. The molecule has 0 aliphatic carbocycles. The van der Waals surface area contributed by atoms with Crippen molar-refractivity contribution in [2.24, 2.45) is 0 Å². The number of nitrogens with one attached hydrogen (secondary N) is 1. The third-order valence-corrected chi connectivity index (χ3v) is 3.75. The van der Waals surface area contributed by atoms with Gasteiger partial charge in [-0.05, 0) is 19.2 Å². The minimum absolute atomic E-state index is 0.685. The summed E-state index contributed by atoms with van der Waals surface area (Å²) >= 11 is 0. The molecule has 4 aromatic rings. The maximum atomic E-state index is 5.92. The molecular formula is C17H16N4O2. The van der Waals surface area contributed by atoms with Gasteiger partial charge in [-0.2, -0.15) is 5.10 Å². The fourth-order valence-electron chi connectivity index (χ4n) is 2.69. The zero-order valence-corrected chi connectivity index (χ0v) is 12.7. The van der Waals surface area contributed by atoms with Crippen molar-refractivity contribution in [1.82, 2.24) is 20.3 Å². The van der Waals surface area contributed by atoms with Gasteiger partial charge in [-0.15, -0.1) is 0 Å². The lowest BCUT2D eigenvalue weighted by atomic mass is 10.2. The summed E-state index contributed by atoms with van der Waals surface area (Å²) in [6.45, 7) is 1.41. The van der Waals surface area contributed by atoms with Crippen molar-refractivity contribution in [2.75, 3.05) is 7.05 Å². The number of aromatic amines is 1. The van der Waals surface area contributed by atoms with E-state index in [-0.39, 0.29) is 0 Å². The molecule has 0 atom stereocenters. The van der Waals surface area contributed by atoms with Crippen molar-refractivity contribution in [1.29, 1.82) is 0 Å². The normalized spacial score (nSPS) is 11.6. The van der Waals surface area contributed by atoms with Gasteiger partial charge in [0.2, 0.25) is 0 Å². The van der Waals surface area contributed by atoms with Crippen LogP contribution in [0.15, 0.2) is 57.7 Å². The zero-order chi connectivity index (χ0) is 15.6. The molecule has 1 N–H and O–H groups in total. The van der Waals surface area contributed by atoms with Crippen LogP contribution in [0.2, 0.25) is 0 Å². The van der Waals surface area contributed by atoms with Gasteiger partial charge < -0.3 is 8.94 Å². The van der Waals surface area contributed by atoms with Crippen LogP contribution in [0.1, 0.15) is 11.3 Å². The Balaban J connectivity index is 1.58. The van der Waals surface area contributed by atoms with Crippen molar-refractivity contribution in [3.63, 3.8) is 0 Å². The number of para-hydroxylation sites is 1. The van der Waals surface area contributed by atoms with E-state index in [2.05, 4.69) is 20.3 Å². The molecule has 0 saturated carbocycles. The van der Waals surface area contributed by atoms with Gasteiger partial charge >= 0.3 is 0 Å². The number of hydrogen-bond donors (Lipinski definition) is 1. The Morgan fingerprint density at radius 2 is 2.09 bits per heavy atom. The van der Waals surface area contributed by atoms with Gasteiger partial charge in [0.15, 0.2) is 11.5 Å². The Kier molecular flexibility index (Phi) is 3.44. The number of aromatic nitrogens is 3. The van der Waals surface area contributed by atoms with Crippen LogP contribution in [-0.4, -0.2) is 27.3 Å². The van der Waals surface area contributed by atoms with Gasteiger partial charge in [-0.1, -0.05) is 23.4 Å². The number of fused-ring (bicyclic) bond motifs is 1. The fourth-order valence-corrected chi connectivity index (χ4v) is 2.69. The van der Waals surface area contributed by atoms with Gasteiger partial charge in [-0.25, -0.2) is 0 Å². The average Bonchev–Trinajstić information content (AvgIpc) is 3.26. The SMILES string of the molecule is CN(Cc1ccno1)Cc1cn[nH]c1-c1cc2ccccc2o1. The molecule has 0 bridgehead atoms. The Hall–Kier alpha value is -2.86. The number of benzene rings is 1. The summed E-state index contributed by atoms with van der Waals surface area (Å²) < 4.78 is 11.1. The first kappa shape index (κ1) is 13.8. The van der Waals surface area contributed by atoms with Gasteiger partial charge in [0.1, 0.15) is 11.3 Å². The van der Waals surface area contributed by atoms with E-state index in [4.69, 9.17) is 8.94 Å². The lowest BCUT2D eigenvalue weighted by Gasteiger charge is -2.14. The highest BCUT2D eigenvalue weighted by molar-refractivity contribution is 5.82. The molecule has 0 unspecified atom stereocenters. The lowest BCUT2D eigenvalue weighted by molar-refractivity contribution is 0.267. The van der Waals surface area contributed by atoms with Crippen LogP contribution in [0, 0.1) is 0 Å². The summed E-state index contributed by atoms with van der Waals surface area (Å²) in [7, 11) is 2.03. The van der Waals surface area contributed by atoms with Crippen molar-refractivity contribution in [2.45, 2.75) is 13.1 Å². The molecule has 0 aliphatic heterocycles. The number of rotatable bonds is 5. The molecule has 1 aromatic carbocycles. The van der Waals surface area contributed by atoms with Crippen LogP contribution < -0.4 is 0 Å². The number of nitrogens with zero attached hydrogens (tertiary/aromatic N) is 3. The fraction of sp³-hybridized carbons (Fsp3) is 0.176. The minimum Gasteiger partial charge on any atom is -0.454 e. The van der Waals surface area contributed by atoms with Crippen LogP contribution in [0.5, 0.6) is 0 Å². The standard InChI is InChI=1S/C17H16N4O2/c1-21(11-14-6-7-19-23-14)10-13-9-18-20-17(13)16-8-12-4-2-3-5-15(12)22-16/h2-9H,10-11H2,1H3,(H,18,20). The highest BCUT2D eigenvalue weighted by Crippen LogP contribution is 2.29. The molecule has 0 spiro atoms. The van der Waals surface area contributed by atoms with Crippen LogP contribution >= 0.6 is 0 Å². The molecule has 23 heavy (non-hydrogen) atoms. The first-order valence-corrected chi connectivity index (χ1v) is 7.39. The molecule has 0 fully saturated rings. The van der Waals surface area contributed by atoms with E-state index < -0.39 is 0 Å². The van der Waals surface area contributed by atoms with Gasteiger partial charge in [0.25, 0.3) is 0 Å². The summed E-state index contributed by atoms with van der Waals surface area (Å²) in [5, 5.41) is 12.0. The van der Waals surface area contributed by atoms with E-state index in [0.717, 1.165) is 40.3 Å². The second kappa shape index (κ2) is 5.73. The topological polar surface area (TPSA) is 71.1 Å². The first-order chi connectivity index (χ1) is 11.3. The maximum Gasteiger partial charge on any atom is 0.153 e. The molecule has 0 radical (unpaired) electrons. The van der Waals surface area contributed by atoms with Crippen molar-refractivity contribution in [3.8, 4) is 11.5 Å². The Labute approximate surface area is 132 Å². The van der Waals surface area contributed by atoms with Crippen LogP contribution in [0.25, 0.3) is 22.4 Å². The zero-order valence-electron chi connectivity index (χ0n) is 12.7. The number of furan rings is 1. The van der Waals surface area contributed by atoms with Crippen LogP contribution in [0.4, 0.5) is 0 Å². The molecular weight excluding hydrogens is 292 g/mol. The molecule has 0 amide bonds. The molecule has 0 aliphatic rings. The lowest BCUT2D eigenvalue weighted by Crippen LogP contribution is -2.16.